The fourth-order valence-corrected chi connectivity index (χ4v) is 4.02. The van der Waals surface area contributed by atoms with Gasteiger partial charge in [-0.1, -0.05) is 36.4 Å². The van der Waals surface area contributed by atoms with Crippen LogP contribution in [0.5, 0.6) is 11.5 Å². The summed E-state index contributed by atoms with van der Waals surface area (Å²) in [7, 11) is 1.28. The highest BCUT2D eigenvalue weighted by molar-refractivity contribution is 6.30. The molecule has 166 valence electrons. The fraction of sp³-hybridized carbons (Fsp3) is 0.143. The number of aryl methyl sites for hydroxylation is 2. The van der Waals surface area contributed by atoms with Crippen molar-refractivity contribution in [2.75, 3.05) is 12.0 Å². The number of carbonyl (C=O) groups is 2. The molecular formula is C28H25NO4. The van der Waals surface area contributed by atoms with E-state index in [2.05, 4.69) is 6.07 Å². The second-order valence-electron chi connectivity index (χ2n) is 7.98. The molecule has 0 atom stereocenters. The first-order chi connectivity index (χ1) is 15.9. The molecule has 0 N–H and O–H groups in total. The molecule has 0 aromatic heterocycles. The summed E-state index contributed by atoms with van der Waals surface area (Å²) in [5.41, 5.74) is 4.69. The van der Waals surface area contributed by atoms with Crippen molar-refractivity contribution < 1.29 is 19.1 Å². The Labute approximate surface area is 193 Å². The molecule has 1 heterocycles. The van der Waals surface area contributed by atoms with Crippen LogP contribution < -0.4 is 9.64 Å². The molecule has 0 amide bonds. The zero-order valence-electron chi connectivity index (χ0n) is 19.1. The minimum Gasteiger partial charge on any atom is -0.465 e. The smallest absolute Gasteiger partial charge is 0.343 e. The summed E-state index contributed by atoms with van der Waals surface area (Å²) in [4.78, 5) is 27.6. The van der Waals surface area contributed by atoms with Gasteiger partial charge in [-0.25, -0.2) is 4.79 Å². The van der Waals surface area contributed by atoms with Crippen LogP contribution in [0.4, 0.5) is 5.69 Å². The average Bonchev–Trinajstić information content (AvgIpc) is 3.03. The number of carbonyl (C=O) groups excluding carboxylic acids is 2. The normalized spacial score (nSPS) is 14.7. The molecule has 3 aromatic rings. The van der Waals surface area contributed by atoms with Crippen LogP contribution in [0, 0.1) is 13.8 Å². The van der Waals surface area contributed by atoms with E-state index in [1.54, 1.807) is 13.0 Å². The first-order valence-electron chi connectivity index (χ1n) is 10.6. The van der Waals surface area contributed by atoms with Gasteiger partial charge in [0, 0.05) is 11.4 Å². The number of ether oxygens (including phenoxy) is 2. The van der Waals surface area contributed by atoms with Gasteiger partial charge >= 0.3 is 5.97 Å². The van der Waals surface area contributed by atoms with E-state index in [-0.39, 0.29) is 11.4 Å². The van der Waals surface area contributed by atoms with Gasteiger partial charge in [-0.2, -0.15) is 0 Å². The molecule has 0 saturated carbocycles. The Morgan fingerprint density at radius 1 is 0.848 bits per heavy atom. The summed E-state index contributed by atoms with van der Waals surface area (Å²) in [6, 6.07) is 23.0. The number of hydrogen-bond donors (Lipinski definition) is 0. The monoisotopic (exact) mass is 439 g/mol. The zero-order chi connectivity index (χ0) is 23.5. The highest BCUT2D eigenvalue weighted by atomic mass is 16.5. The van der Waals surface area contributed by atoms with Crippen LogP contribution in [-0.2, 0) is 14.3 Å². The number of benzene rings is 3. The van der Waals surface area contributed by atoms with Gasteiger partial charge in [0.1, 0.15) is 17.1 Å². The standard InChI is InChI=1S/C28H25NO4/c1-18-13-19(2)15-22(14-18)29-20(3)26(28(31)32-4)27(30)25(29)17-21-9-8-12-24(16-21)33-23-10-6-5-7-11-23/h5-17H,1-4H3/b25-17+. The van der Waals surface area contributed by atoms with Gasteiger partial charge in [0.25, 0.3) is 0 Å². The van der Waals surface area contributed by atoms with Crippen molar-refractivity contribution in [2.24, 2.45) is 0 Å². The van der Waals surface area contributed by atoms with Crippen LogP contribution >= 0.6 is 0 Å². The first kappa shape index (κ1) is 22.1. The number of anilines is 1. The molecule has 0 spiro atoms. The summed E-state index contributed by atoms with van der Waals surface area (Å²) in [6.45, 7) is 5.77. The molecule has 0 unspecified atom stereocenters. The minimum atomic E-state index is -0.642. The molecule has 33 heavy (non-hydrogen) atoms. The van der Waals surface area contributed by atoms with Crippen molar-refractivity contribution in [1.29, 1.82) is 0 Å². The number of esters is 1. The third-order valence-electron chi connectivity index (χ3n) is 5.39. The van der Waals surface area contributed by atoms with E-state index < -0.39 is 5.97 Å². The highest BCUT2D eigenvalue weighted by Crippen LogP contribution is 2.37. The maximum atomic E-state index is 13.4. The van der Waals surface area contributed by atoms with Crippen LogP contribution in [0.2, 0.25) is 0 Å². The maximum Gasteiger partial charge on any atom is 0.343 e. The van der Waals surface area contributed by atoms with E-state index in [0.717, 1.165) is 28.1 Å². The Morgan fingerprint density at radius 3 is 2.18 bits per heavy atom. The Hall–Kier alpha value is -4.12. The van der Waals surface area contributed by atoms with E-state index >= 15 is 0 Å². The largest absolute Gasteiger partial charge is 0.465 e. The molecule has 0 radical (unpaired) electrons. The summed E-state index contributed by atoms with van der Waals surface area (Å²) >= 11 is 0. The number of allylic oxidation sites excluding steroid dienone is 2. The fourth-order valence-electron chi connectivity index (χ4n) is 4.02. The molecule has 4 rings (SSSR count). The molecule has 0 saturated heterocycles. The topological polar surface area (TPSA) is 55.8 Å². The molecule has 5 heteroatoms. The van der Waals surface area contributed by atoms with Gasteiger partial charge in [-0.15, -0.1) is 0 Å². The van der Waals surface area contributed by atoms with Crippen LogP contribution in [0.15, 0.2) is 89.8 Å². The van der Waals surface area contributed by atoms with Gasteiger partial charge in [0.15, 0.2) is 0 Å². The maximum absolute atomic E-state index is 13.4. The first-order valence-corrected chi connectivity index (χ1v) is 10.6. The van der Waals surface area contributed by atoms with Crippen molar-refractivity contribution in [1.82, 2.24) is 0 Å². The highest BCUT2D eigenvalue weighted by Gasteiger charge is 2.38. The quantitative estimate of drug-likeness (QED) is 0.278. The predicted octanol–water partition coefficient (Wildman–Crippen LogP) is 5.97. The summed E-state index contributed by atoms with van der Waals surface area (Å²) in [6.07, 6.45) is 1.78. The van der Waals surface area contributed by atoms with Gasteiger partial charge in [-0.3, -0.25) is 4.79 Å². The Balaban J connectivity index is 1.78. The molecule has 0 fully saturated rings. The van der Waals surface area contributed by atoms with Gasteiger partial charge < -0.3 is 14.4 Å². The lowest BCUT2D eigenvalue weighted by Crippen LogP contribution is -2.18. The lowest BCUT2D eigenvalue weighted by atomic mass is 10.1. The van der Waals surface area contributed by atoms with Crippen molar-refractivity contribution in [2.45, 2.75) is 20.8 Å². The average molecular weight is 440 g/mol. The summed E-state index contributed by atoms with van der Waals surface area (Å²) in [5.74, 6) is 0.364. The van der Waals surface area contributed by atoms with Crippen molar-refractivity contribution >= 4 is 23.5 Å². The van der Waals surface area contributed by atoms with Crippen LogP contribution in [-0.4, -0.2) is 18.9 Å². The van der Waals surface area contributed by atoms with Gasteiger partial charge in [-0.05, 0) is 79.9 Å². The Bertz CT molecular complexity index is 1270. The van der Waals surface area contributed by atoms with Crippen molar-refractivity contribution in [3.05, 3.63) is 106 Å². The molecule has 1 aliphatic rings. The molecule has 1 aliphatic heterocycles. The Kier molecular flexibility index (Phi) is 6.13. The number of hydrogen-bond acceptors (Lipinski definition) is 5. The van der Waals surface area contributed by atoms with Crippen LogP contribution in [0.1, 0.15) is 23.6 Å². The van der Waals surface area contributed by atoms with Gasteiger partial charge in [0.05, 0.1) is 12.8 Å². The molecule has 0 bridgehead atoms. The number of Topliss-reactive ketones (excluding diaryl/α,β-unsaturated/α-hetero) is 1. The summed E-state index contributed by atoms with van der Waals surface area (Å²) < 4.78 is 10.8. The Morgan fingerprint density at radius 2 is 1.52 bits per heavy atom. The van der Waals surface area contributed by atoms with E-state index in [9.17, 15) is 9.59 Å². The van der Waals surface area contributed by atoms with E-state index in [1.165, 1.54) is 7.11 Å². The summed E-state index contributed by atoms with van der Waals surface area (Å²) in [5, 5.41) is 0. The number of rotatable bonds is 5. The van der Waals surface area contributed by atoms with E-state index in [1.807, 2.05) is 85.5 Å². The molecule has 5 nitrogen and oxygen atoms in total. The minimum absolute atomic E-state index is 0.0413. The van der Waals surface area contributed by atoms with Crippen molar-refractivity contribution in [3.63, 3.8) is 0 Å². The van der Waals surface area contributed by atoms with Crippen LogP contribution in [0.3, 0.4) is 0 Å². The second kappa shape index (κ2) is 9.17. The molecule has 0 aliphatic carbocycles. The van der Waals surface area contributed by atoms with Gasteiger partial charge in [0.2, 0.25) is 5.78 Å². The number of para-hydroxylation sites is 1. The lowest BCUT2D eigenvalue weighted by Gasteiger charge is -2.22. The lowest BCUT2D eigenvalue weighted by molar-refractivity contribution is -0.137. The number of nitrogens with zero attached hydrogens (tertiary/aromatic N) is 1. The zero-order valence-corrected chi connectivity index (χ0v) is 19.1. The van der Waals surface area contributed by atoms with Crippen LogP contribution in [0.25, 0.3) is 6.08 Å². The predicted molar refractivity (Wildman–Crippen MR) is 129 cm³/mol. The third-order valence-corrected chi connectivity index (χ3v) is 5.39. The number of methoxy groups -OCH3 is 1. The second-order valence-corrected chi connectivity index (χ2v) is 7.98. The third kappa shape index (κ3) is 4.58. The van der Waals surface area contributed by atoms with E-state index in [4.69, 9.17) is 9.47 Å². The molecule has 3 aromatic carbocycles. The molecular weight excluding hydrogens is 414 g/mol. The van der Waals surface area contributed by atoms with E-state index in [0.29, 0.717) is 17.1 Å². The van der Waals surface area contributed by atoms with Crippen molar-refractivity contribution in [3.8, 4) is 11.5 Å². The number of ketones is 1. The SMILES string of the molecule is COC(=O)C1=C(C)N(c2cc(C)cc(C)c2)/C(=C/c2cccc(Oc3ccccc3)c2)C1=O.